The van der Waals surface area contributed by atoms with Crippen molar-refractivity contribution in [2.75, 3.05) is 0 Å². The molecule has 2 aromatic rings. The van der Waals surface area contributed by atoms with Gasteiger partial charge in [-0.2, -0.15) is 0 Å². The molecule has 0 aliphatic carbocycles. The Hall–Kier alpha value is -2.01. The number of nitro groups is 1. The van der Waals surface area contributed by atoms with E-state index < -0.39 is 4.92 Å². The second-order valence-corrected chi connectivity index (χ2v) is 3.87. The molecule has 0 aromatic carbocycles. The van der Waals surface area contributed by atoms with E-state index in [1.165, 1.54) is 12.1 Å². The molecule has 17 heavy (non-hydrogen) atoms. The topological polar surface area (TPSA) is 68.9 Å². The van der Waals surface area contributed by atoms with Crippen molar-refractivity contribution in [1.82, 2.24) is 9.97 Å². The summed E-state index contributed by atoms with van der Waals surface area (Å²) < 4.78 is 0. The van der Waals surface area contributed by atoms with Gasteiger partial charge in [0.15, 0.2) is 0 Å². The average Bonchev–Trinajstić information content (AvgIpc) is 2.29. The van der Waals surface area contributed by atoms with Crippen molar-refractivity contribution in [3.05, 3.63) is 51.4 Å². The molecule has 0 aliphatic rings. The Balaban J connectivity index is 2.51. The molecule has 0 atom stereocenters. The molecule has 2 rings (SSSR count). The zero-order valence-corrected chi connectivity index (χ0v) is 9.68. The van der Waals surface area contributed by atoms with Crippen LogP contribution in [0.15, 0.2) is 30.5 Å². The zero-order chi connectivity index (χ0) is 12.4. The second-order valence-electron chi connectivity index (χ2n) is 3.48. The molecule has 0 bridgehead atoms. The number of hydrogen-bond donors (Lipinski definition) is 0. The van der Waals surface area contributed by atoms with E-state index in [-0.39, 0.29) is 10.8 Å². The van der Waals surface area contributed by atoms with Gasteiger partial charge in [-0.3, -0.25) is 15.1 Å². The summed E-state index contributed by atoms with van der Waals surface area (Å²) >= 11 is 5.74. The summed E-state index contributed by atoms with van der Waals surface area (Å²) in [5, 5.41) is 10.8. The summed E-state index contributed by atoms with van der Waals surface area (Å²) in [4.78, 5) is 18.3. The molecular formula is C11H8ClN3O2. The molecule has 0 radical (unpaired) electrons. The number of rotatable bonds is 2. The van der Waals surface area contributed by atoms with Crippen molar-refractivity contribution in [1.29, 1.82) is 0 Å². The molecular weight excluding hydrogens is 242 g/mol. The summed E-state index contributed by atoms with van der Waals surface area (Å²) in [6, 6.07) is 6.19. The minimum Gasteiger partial charge on any atom is -0.261 e. The molecule has 2 aromatic heterocycles. The van der Waals surface area contributed by atoms with Crippen LogP contribution < -0.4 is 0 Å². The number of aryl methyl sites for hydroxylation is 1. The number of pyridine rings is 2. The van der Waals surface area contributed by atoms with E-state index >= 15 is 0 Å². The van der Waals surface area contributed by atoms with Gasteiger partial charge in [-0.1, -0.05) is 11.6 Å². The molecule has 0 unspecified atom stereocenters. The lowest BCUT2D eigenvalue weighted by atomic mass is 10.1. The van der Waals surface area contributed by atoms with Crippen molar-refractivity contribution in [3.63, 3.8) is 0 Å². The normalized spacial score (nSPS) is 10.2. The van der Waals surface area contributed by atoms with E-state index in [9.17, 15) is 10.1 Å². The summed E-state index contributed by atoms with van der Waals surface area (Å²) in [6.07, 6.45) is 1.61. The summed E-state index contributed by atoms with van der Waals surface area (Å²) in [5.41, 5.74) is 1.92. The molecule has 0 saturated heterocycles. The highest BCUT2D eigenvalue weighted by Gasteiger charge is 2.11. The van der Waals surface area contributed by atoms with Crippen molar-refractivity contribution in [2.24, 2.45) is 0 Å². The number of aromatic nitrogens is 2. The highest BCUT2D eigenvalue weighted by molar-refractivity contribution is 6.29. The SMILES string of the molecule is Cc1ccc(-c2cc([N+](=O)[O-])cc(Cl)n2)cn1. The maximum absolute atomic E-state index is 10.7. The lowest BCUT2D eigenvalue weighted by Crippen LogP contribution is -1.92. The fourth-order valence-electron chi connectivity index (χ4n) is 1.36. The molecule has 0 fully saturated rings. The van der Waals surface area contributed by atoms with Gasteiger partial charge in [0.05, 0.1) is 16.7 Å². The maximum Gasteiger partial charge on any atom is 0.274 e. The lowest BCUT2D eigenvalue weighted by molar-refractivity contribution is -0.384. The van der Waals surface area contributed by atoms with Crippen LogP contribution in [0.2, 0.25) is 5.15 Å². The lowest BCUT2D eigenvalue weighted by Gasteiger charge is -2.01. The first-order valence-electron chi connectivity index (χ1n) is 4.81. The molecule has 2 heterocycles. The monoisotopic (exact) mass is 249 g/mol. The molecule has 0 saturated carbocycles. The number of hydrogen-bond acceptors (Lipinski definition) is 4. The molecule has 0 amide bonds. The Morgan fingerprint density at radius 1 is 1.35 bits per heavy atom. The fourth-order valence-corrected chi connectivity index (χ4v) is 1.56. The fraction of sp³-hybridized carbons (Fsp3) is 0.0909. The third-order valence-corrected chi connectivity index (χ3v) is 2.39. The van der Waals surface area contributed by atoms with Gasteiger partial charge in [-0.15, -0.1) is 0 Å². The summed E-state index contributed by atoms with van der Waals surface area (Å²) in [7, 11) is 0. The van der Waals surface area contributed by atoms with Crippen LogP contribution >= 0.6 is 11.6 Å². The first-order chi connectivity index (χ1) is 8.06. The maximum atomic E-state index is 10.7. The minimum atomic E-state index is -0.501. The molecule has 0 N–H and O–H groups in total. The van der Waals surface area contributed by atoms with E-state index in [1.54, 1.807) is 12.3 Å². The van der Waals surface area contributed by atoms with Gasteiger partial charge in [0.1, 0.15) is 5.15 Å². The molecule has 5 nitrogen and oxygen atoms in total. The van der Waals surface area contributed by atoms with Crippen LogP contribution in [0.1, 0.15) is 5.69 Å². The van der Waals surface area contributed by atoms with Crippen molar-refractivity contribution < 1.29 is 4.92 Å². The van der Waals surface area contributed by atoms with Crippen LogP contribution in [0.3, 0.4) is 0 Å². The van der Waals surface area contributed by atoms with Gasteiger partial charge in [0.2, 0.25) is 0 Å². The standard InChI is InChI=1S/C11H8ClN3O2/c1-7-2-3-8(6-13-7)10-4-9(15(16)17)5-11(12)14-10/h2-6H,1H3. The Bertz CT molecular complexity index is 569. The van der Waals surface area contributed by atoms with Crippen LogP contribution in [0.4, 0.5) is 5.69 Å². The van der Waals surface area contributed by atoms with Crippen LogP contribution in [0.25, 0.3) is 11.3 Å². The molecule has 0 aliphatic heterocycles. The molecule has 86 valence electrons. The quantitative estimate of drug-likeness (QED) is 0.466. The first kappa shape index (κ1) is 11.5. The third-order valence-electron chi connectivity index (χ3n) is 2.20. The van der Waals surface area contributed by atoms with Gasteiger partial charge in [-0.25, -0.2) is 4.98 Å². The van der Waals surface area contributed by atoms with Crippen molar-refractivity contribution >= 4 is 17.3 Å². The minimum absolute atomic E-state index is 0.0828. The first-order valence-corrected chi connectivity index (χ1v) is 5.19. The molecule has 0 spiro atoms. The highest BCUT2D eigenvalue weighted by atomic mass is 35.5. The van der Waals surface area contributed by atoms with Crippen LogP contribution in [-0.2, 0) is 0 Å². The van der Waals surface area contributed by atoms with Crippen LogP contribution in [0, 0.1) is 17.0 Å². The molecule has 6 heteroatoms. The van der Waals surface area contributed by atoms with E-state index in [4.69, 9.17) is 11.6 Å². The van der Waals surface area contributed by atoms with Gasteiger partial charge in [-0.05, 0) is 19.1 Å². The van der Waals surface area contributed by atoms with Gasteiger partial charge in [0.25, 0.3) is 5.69 Å². The second kappa shape index (κ2) is 4.47. The van der Waals surface area contributed by atoms with E-state index in [2.05, 4.69) is 9.97 Å². The summed E-state index contributed by atoms with van der Waals surface area (Å²) in [5.74, 6) is 0. The van der Waals surface area contributed by atoms with E-state index in [0.717, 1.165) is 5.69 Å². The predicted molar refractivity (Wildman–Crippen MR) is 63.9 cm³/mol. The number of nitrogens with zero attached hydrogens (tertiary/aromatic N) is 3. The van der Waals surface area contributed by atoms with Crippen molar-refractivity contribution in [3.8, 4) is 11.3 Å². The third kappa shape index (κ3) is 2.57. The Labute approximate surface area is 102 Å². The van der Waals surface area contributed by atoms with Crippen LogP contribution in [-0.4, -0.2) is 14.9 Å². The Kier molecular flexibility index (Phi) is 3.01. The van der Waals surface area contributed by atoms with Gasteiger partial charge < -0.3 is 0 Å². The zero-order valence-electron chi connectivity index (χ0n) is 8.92. The Morgan fingerprint density at radius 2 is 2.12 bits per heavy atom. The smallest absolute Gasteiger partial charge is 0.261 e. The van der Waals surface area contributed by atoms with E-state index in [1.807, 2.05) is 13.0 Å². The Morgan fingerprint density at radius 3 is 2.71 bits per heavy atom. The van der Waals surface area contributed by atoms with Gasteiger partial charge in [0, 0.05) is 23.5 Å². The summed E-state index contributed by atoms with van der Waals surface area (Å²) in [6.45, 7) is 1.86. The average molecular weight is 250 g/mol. The predicted octanol–water partition coefficient (Wildman–Crippen LogP) is 3.01. The highest BCUT2D eigenvalue weighted by Crippen LogP contribution is 2.24. The number of halogens is 1. The largest absolute Gasteiger partial charge is 0.274 e. The van der Waals surface area contributed by atoms with E-state index in [0.29, 0.717) is 11.3 Å². The van der Waals surface area contributed by atoms with Crippen molar-refractivity contribution in [2.45, 2.75) is 6.92 Å². The van der Waals surface area contributed by atoms with Gasteiger partial charge >= 0.3 is 0 Å². The van der Waals surface area contributed by atoms with Crippen LogP contribution in [0.5, 0.6) is 0 Å².